The van der Waals surface area contributed by atoms with Crippen LogP contribution >= 0.6 is 35.0 Å². The average Bonchev–Trinajstić information content (AvgIpc) is 3.23. The van der Waals surface area contributed by atoms with E-state index in [1.807, 2.05) is 30.3 Å². The quantitative estimate of drug-likeness (QED) is 0.513. The Morgan fingerprint density at radius 1 is 0.963 bits per heavy atom. The van der Waals surface area contributed by atoms with Gasteiger partial charge in [0.05, 0.1) is 26.2 Å². The first-order chi connectivity index (χ1) is 13.1. The number of aliphatic imine (C=N–C) groups is 1. The number of nitrogens with one attached hydrogen (secondary N) is 1. The topological polar surface area (TPSA) is 54.6 Å². The van der Waals surface area contributed by atoms with Gasteiger partial charge in [-0.05, 0) is 54.2 Å². The van der Waals surface area contributed by atoms with Crippen LogP contribution in [0, 0.1) is 0 Å². The van der Waals surface area contributed by atoms with Gasteiger partial charge in [0.25, 0.3) is 5.24 Å². The molecule has 134 valence electrons. The van der Waals surface area contributed by atoms with E-state index in [0.717, 1.165) is 17.4 Å². The van der Waals surface area contributed by atoms with Gasteiger partial charge in [-0.1, -0.05) is 47.5 Å². The van der Waals surface area contributed by atoms with Crippen LogP contribution in [-0.2, 0) is 0 Å². The number of amidine groups is 1. The van der Waals surface area contributed by atoms with E-state index in [1.54, 1.807) is 36.4 Å². The maximum Gasteiger partial charge on any atom is 0.289 e. The zero-order valence-electron chi connectivity index (χ0n) is 13.8. The minimum absolute atomic E-state index is 0.183. The summed E-state index contributed by atoms with van der Waals surface area (Å²) in [4.78, 5) is 17.0. The number of furan rings is 1. The Hall–Kier alpha value is -2.47. The fourth-order valence-corrected chi connectivity index (χ4v) is 3.87. The molecule has 0 unspecified atom stereocenters. The summed E-state index contributed by atoms with van der Waals surface area (Å²) in [7, 11) is 0. The maximum atomic E-state index is 11.8. The van der Waals surface area contributed by atoms with Gasteiger partial charge < -0.3 is 9.73 Å². The third-order valence-electron chi connectivity index (χ3n) is 3.76. The van der Waals surface area contributed by atoms with Crippen molar-refractivity contribution in [3.8, 4) is 11.3 Å². The molecule has 0 saturated carbocycles. The number of nitrogens with zero attached hydrogens (tertiary/aromatic N) is 1. The molecule has 1 saturated heterocycles. The van der Waals surface area contributed by atoms with Crippen molar-refractivity contribution in [1.82, 2.24) is 5.32 Å². The third-order valence-corrected chi connectivity index (χ3v) is 5.21. The monoisotopic (exact) mass is 414 g/mol. The van der Waals surface area contributed by atoms with Gasteiger partial charge in [0.15, 0.2) is 0 Å². The number of para-hydroxylation sites is 1. The molecule has 2 aromatic carbocycles. The lowest BCUT2D eigenvalue weighted by Gasteiger charge is -2.03. The van der Waals surface area contributed by atoms with E-state index < -0.39 is 0 Å². The number of thioether (sulfide) groups is 1. The second kappa shape index (κ2) is 7.64. The van der Waals surface area contributed by atoms with E-state index in [1.165, 1.54) is 0 Å². The average molecular weight is 415 g/mol. The zero-order chi connectivity index (χ0) is 18.8. The molecular weight excluding hydrogens is 403 g/mol. The van der Waals surface area contributed by atoms with Crippen molar-refractivity contribution in [2.45, 2.75) is 0 Å². The van der Waals surface area contributed by atoms with Crippen molar-refractivity contribution in [1.29, 1.82) is 0 Å². The molecule has 1 aromatic heterocycles. The Morgan fingerprint density at radius 2 is 1.70 bits per heavy atom. The normalized spacial score (nSPS) is 16.9. The lowest BCUT2D eigenvalue weighted by Crippen LogP contribution is -2.18. The van der Waals surface area contributed by atoms with Crippen molar-refractivity contribution >= 4 is 57.8 Å². The van der Waals surface area contributed by atoms with Gasteiger partial charge in [0, 0.05) is 0 Å². The van der Waals surface area contributed by atoms with Crippen LogP contribution in [0.4, 0.5) is 10.5 Å². The SMILES string of the molecule is O=C1NC(=Nc2ccccc2)/C(=C/c2ccc(-c3c(Cl)cccc3Cl)o2)S1. The van der Waals surface area contributed by atoms with E-state index in [2.05, 4.69) is 10.3 Å². The predicted octanol–water partition coefficient (Wildman–Crippen LogP) is 6.78. The van der Waals surface area contributed by atoms with Crippen molar-refractivity contribution in [2.75, 3.05) is 0 Å². The van der Waals surface area contributed by atoms with Gasteiger partial charge in [-0.3, -0.25) is 4.79 Å². The molecule has 0 atom stereocenters. The van der Waals surface area contributed by atoms with Crippen LogP contribution in [0.1, 0.15) is 5.76 Å². The van der Waals surface area contributed by atoms with Crippen LogP contribution in [0.25, 0.3) is 17.4 Å². The Kier molecular flexibility index (Phi) is 5.07. The molecule has 1 N–H and O–H groups in total. The summed E-state index contributed by atoms with van der Waals surface area (Å²) in [6.07, 6.45) is 1.76. The number of carbonyl (C=O) groups excluding carboxylic acids is 1. The minimum Gasteiger partial charge on any atom is -0.457 e. The molecule has 4 nitrogen and oxygen atoms in total. The van der Waals surface area contributed by atoms with Crippen molar-refractivity contribution < 1.29 is 9.21 Å². The summed E-state index contributed by atoms with van der Waals surface area (Å²) in [5.74, 6) is 1.62. The number of halogens is 2. The molecule has 1 aliphatic rings. The number of hydrogen-bond donors (Lipinski definition) is 1. The standard InChI is InChI=1S/C20H12Cl2N2O2S/c21-14-7-4-8-15(22)18(14)16-10-9-13(26-16)11-17-19(24-20(25)27-17)23-12-5-2-1-3-6-12/h1-11H,(H,23,24,25)/b17-11-. The van der Waals surface area contributed by atoms with Crippen LogP contribution in [-0.4, -0.2) is 11.1 Å². The first-order valence-electron chi connectivity index (χ1n) is 7.99. The molecule has 27 heavy (non-hydrogen) atoms. The molecule has 0 radical (unpaired) electrons. The summed E-state index contributed by atoms with van der Waals surface area (Å²) in [5.41, 5.74) is 1.39. The molecule has 0 spiro atoms. The van der Waals surface area contributed by atoms with E-state index in [4.69, 9.17) is 27.6 Å². The van der Waals surface area contributed by atoms with Crippen LogP contribution < -0.4 is 5.32 Å². The van der Waals surface area contributed by atoms with Crippen LogP contribution in [0.15, 0.2) is 75.0 Å². The second-order valence-corrected chi connectivity index (χ2v) is 7.45. The molecule has 7 heteroatoms. The Bertz CT molecular complexity index is 1050. The summed E-state index contributed by atoms with van der Waals surface area (Å²) >= 11 is 13.5. The Balaban J connectivity index is 1.68. The van der Waals surface area contributed by atoms with Crippen molar-refractivity contribution in [3.05, 3.63) is 81.4 Å². The smallest absolute Gasteiger partial charge is 0.289 e. The lowest BCUT2D eigenvalue weighted by atomic mass is 10.2. The largest absolute Gasteiger partial charge is 0.457 e. The van der Waals surface area contributed by atoms with E-state index in [0.29, 0.717) is 37.9 Å². The second-order valence-electron chi connectivity index (χ2n) is 5.62. The number of benzene rings is 2. The van der Waals surface area contributed by atoms with Gasteiger partial charge in [-0.25, -0.2) is 4.99 Å². The summed E-state index contributed by atoms with van der Waals surface area (Å²) in [6, 6.07) is 18.3. The highest BCUT2D eigenvalue weighted by Gasteiger charge is 2.24. The summed E-state index contributed by atoms with van der Waals surface area (Å²) in [5, 5.41) is 3.59. The number of hydrogen-bond acceptors (Lipinski definition) is 4. The highest BCUT2D eigenvalue weighted by molar-refractivity contribution is 8.18. The van der Waals surface area contributed by atoms with E-state index in [-0.39, 0.29) is 5.24 Å². The third kappa shape index (κ3) is 3.95. The fourth-order valence-electron chi connectivity index (χ4n) is 2.57. The number of rotatable bonds is 3. The van der Waals surface area contributed by atoms with Crippen LogP contribution in [0.2, 0.25) is 10.0 Å². The highest BCUT2D eigenvalue weighted by Crippen LogP contribution is 2.36. The first kappa shape index (κ1) is 17.9. The van der Waals surface area contributed by atoms with Gasteiger partial charge in [0.2, 0.25) is 0 Å². The molecule has 1 fully saturated rings. The number of carbonyl (C=O) groups is 1. The van der Waals surface area contributed by atoms with Crippen LogP contribution in [0.5, 0.6) is 0 Å². The number of amides is 1. The van der Waals surface area contributed by atoms with Gasteiger partial charge >= 0.3 is 0 Å². The first-order valence-corrected chi connectivity index (χ1v) is 9.56. The van der Waals surface area contributed by atoms with E-state index >= 15 is 0 Å². The molecule has 3 aromatic rings. The molecule has 0 aliphatic carbocycles. The van der Waals surface area contributed by atoms with Crippen LogP contribution in [0.3, 0.4) is 0 Å². The minimum atomic E-state index is -0.183. The molecule has 4 rings (SSSR count). The van der Waals surface area contributed by atoms with E-state index in [9.17, 15) is 4.79 Å². The Morgan fingerprint density at radius 3 is 2.44 bits per heavy atom. The zero-order valence-corrected chi connectivity index (χ0v) is 16.1. The van der Waals surface area contributed by atoms with Gasteiger partial charge in [0.1, 0.15) is 17.4 Å². The lowest BCUT2D eigenvalue weighted by molar-refractivity contribution is 0.265. The van der Waals surface area contributed by atoms with Gasteiger partial charge in [-0.15, -0.1) is 0 Å². The van der Waals surface area contributed by atoms with Gasteiger partial charge in [-0.2, -0.15) is 0 Å². The highest BCUT2D eigenvalue weighted by atomic mass is 35.5. The Labute approximate surface area is 169 Å². The molecule has 0 bridgehead atoms. The predicted molar refractivity (Wildman–Crippen MR) is 112 cm³/mol. The van der Waals surface area contributed by atoms with Crippen molar-refractivity contribution in [3.63, 3.8) is 0 Å². The molecular formula is C20H12Cl2N2O2S. The molecule has 2 heterocycles. The molecule has 1 amide bonds. The fraction of sp³-hybridized carbons (Fsp3) is 0. The van der Waals surface area contributed by atoms with Crippen molar-refractivity contribution in [2.24, 2.45) is 4.99 Å². The maximum absolute atomic E-state index is 11.8. The summed E-state index contributed by atoms with van der Waals surface area (Å²) in [6.45, 7) is 0. The summed E-state index contributed by atoms with van der Waals surface area (Å²) < 4.78 is 5.87. The molecule has 1 aliphatic heterocycles.